The molecule has 1 fully saturated rings. The molecular weight excluding hydrogens is 300 g/mol. The Morgan fingerprint density at radius 3 is 2.58 bits per heavy atom. The van der Waals surface area contributed by atoms with Gasteiger partial charge >= 0.3 is 0 Å². The second-order valence-electron chi connectivity index (χ2n) is 6.29. The van der Waals surface area contributed by atoms with Crippen LogP contribution in [0.5, 0.6) is 11.5 Å². The minimum Gasteiger partial charge on any atom is -0.493 e. The normalized spacial score (nSPS) is 21.0. The van der Waals surface area contributed by atoms with Gasteiger partial charge in [-0.2, -0.15) is 0 Å². The Kier molecular flexibility index (Phi) is 5.38. The highest BCUT2D eigenvalue weighted by Crippen LogP contribution is 2.31. The van der Waals surface area contributed by atoms with Crippen molar-refractivity contribution in [3.8, 4) is 11.5 Å². The second kappa shape index (κ2) is 7.69. The minimum atomic E-state index is 0.178. The number of nitrogens with two attached hydrogens (primary N) is 1. The van der Waals surface area contributed by atoms with E-state index in [2.05, 4.69) is 41.3 Å². The molecule has 0 spiro atoms. The maximum Gasteiger partial charge on any atom is 0.161 e. The molecule has 2 aromatic carbocycles. The third-order valence-corrected chi connectivity index (χ3v) is 4.60. The summed E-state index contributed by atoms with van der Waals surface area (Å²) in [5, 5.41) is 0. The van der Waals surface area contributed by atoms with Crippen LogP contribution in [0.4, 0.5) is 0 Å². The van der Waals surface area contributed by atoms with Gasteiger partial charge in [0.05, 0.1) is 13.7 Å². The van der Waals surface area contributed by atoms with E-state index in [0.717, 1.165) is 31.1 Å². The second-order valence-corrected chi connectivity index (χ2v) is 6.29. The molecule has 4 heteroatoms. The molecule has 1 aliphatic heterocycles. The number of rotatable bonds is 6. The van der Waals surface area contributed by atoms with E-state index >= 15 is 0 Å². The van der Waals surface area contributed by atoms with Crippen LogP contribution in [0, 0.1) is 0 Å². The summed E-state index contributed by atoms with van der Waals surface area (Å²) in [5.74, 6) is 1.98. The summed E-state index contributed by atoms with van der Waals surface area (Å²) in [5.41, 5.74) is 8.95. The maximum absolute atomic E-state index is 6.39. The molecule has 4 nitrogen and oxygen atoms in total. The highest BCUT2D eigenvalue weighted by atomic mass is 16.5. The van der Waals surface area contributed by atoms with Crippen LogP contribution in [0.1, 0.15) is 24.0 Å². The first-order valence-electron chi connectivity index (χ1n) is 8.54. The molecule has 0 aromatic heterocycles. The number of hydrogen-bond donors (Lipinski definition) is 1. The fraction of sp³-hybridized carbons (Fsp3) is 0.400. The van der Waals surface area contributed by atoms with E-state index in [0.29, 0.717) is 12.5 Å². The molecule has 1 aliphatic rings. The van der Waals surface area contributed by atoms with Gasteiger partial charge in [0.2, 0.25) is 0 Å². The van der Waals surface area contributed by atoms with E-state index in [1.165, 1.54) is 11.1 Å². The molecule has 1 heterocycles. The van der Waals surface area contributed by atoms with Crippen LogP contribution in [0.3, 0.4) is 0 Å². The quantitative estimate of drug-likeness (QED) is 0.886. The summed E-state index contributed by atoms with van der Waals surface area (Å²) in [6, 6.07) is 16.9. The third kappa shape index (κ3) is 3.71. The lowest BCUT2D eigenvalue weighted by atomic mass is 9.95. The first-order chi connectivity index (χ1) is 11.7. The Balaban J connectivity index is 1.70. The topological polar surface area (TPSA) is 47.7 Å². The number of methoxy groups -OCH3 is 1. The smallest absolute Gasteiger partial charge is 0.161 e. The summed E-state index contributed by atoms with van der Waals surface area (Å²) in [4.78, 5) is 2.42. The van der Waals surface area contributed by atoms with Gasteiger partial charge in [0.15, 0.2) is 11.5 Å². The van der Waals surface area contributed by atoms with E-state index in [9.17, 15) is 0 Å². The molecule has 128 valence electrons. The number of likely N-dealkylation sites (tertiary alicyclic amines) is 1. The van der Waals surface area contributed by atoms with Gasteiger partial charge in [0, 0.05) is 31.6 Å². The first-order valence-corrected chi connectivity index (χ1v) is 8.54. The Morgan fingerprint density at radius 2 is 1.88 bits per heavy atom. The zero-order chi connectivity index (χ0) is 16.9. The van der Waals surface area contributed by atoms with Crippen molar-refractivity contribution in [2.24, 2.45) is 5.73 Å². The van der Waals surface area contributed by atoms with E-state index in [1.54, 1.807) is 7.11 Å². The van der Waals surface area contributed by atoms with Gasteiger partial charge in [-0.15, -0.1) is 0 Å². The van der Waals surface area contributed by atoms with Gasteiger partial charge < -0.3 is 15.2 Å². The van der Waals surface area contributed by atoms with Crippen molar-refractivity contribution in [3.05, 3.63) is 59.7 Å². The monoisotopic (exact) mass is 326 g/mol. The molecule has 2 N–H and O–H groups in total. The number of hydrogen-bond acceptors (Lipinski definition) is 4. The summed E-state index contributed by atoms with van der Waals surface area (Å²) in [6.45, 7) is 5.39. The molecule has 0 radical (unpaired) electrons. The van der Waals surface area contributed by atoms with Crippen molar-refractivity contribution < 1.29 is 9.47 Å². The van der Waals surface area contributed by atoms with E-state index in [4.69, 9.17) is 15.2 Å². The summed E-state index contributed by atoms with van der Waals surface area (Å²) in [6.07, 6.45) is 0. The van der Waals surface area contributed by atoms with Crippen molar-refractivity contribution >= 4 is 0 Å². The van der Waals surface area contributed by atoms with Crippen molar-refractivity contribution in [2.45, 2.75) is 25.4 Å². The lowest BCUT2D eigenvalue weighted by molar-refractivity contribution is 0.305. The predicted octanol–water partition coefficient (Wildman–Crippen LogP) is 3.02. The highest BCUT2D eigenvalue weighted by molar-refractivity contribution is 5.43. The van der Waals surface area contributed by atoms with Gasteiger partial charge in [-0.3, -0.25) is 4.90 Å². The fourth-order valence-corrected chi connectivity index (χ4v) is 3.44. The average Bonchev–Trinajstić information content (AvgIpc) is 2.96. The van der Waals surface area contributed by atoms with E-state index in [-0.39, 0.29) is 6.04 Å². The standard InChI is InChI=1S/C20H26N2O2/c1-3-24-20-11-15(9-10-19(20)23-2)12-22-13-17(18(21)14-22)16-7-5-4-6-8-16/h4-11,17-18H,3,12-14,21H2,1-2H3/t17-,18+/m0/s1. The zero-order valence-electron chi connectivity index (χ0n) is 14.4. The molecule has 1 saturated heterocycles. The van der Waals surface area contributed by atoms with E-state index in [1.807, 2.05) is 19.1 Å². The molecule has 0 saturated carbocycles. The molecule has 0 aliphatic carbocycles. The molecule has 0 unspecified atom stereocenters. The summed E-state index contributed by atoms with van der Waals surface area (Å²) < 4.78 is 11.0. The van der Waals surface area contributed by atoms with Crippen LogP contribution in [-0.2, 0) is 6.54 Å². The van der Waals surface area contributed by atoms with Crippen molar-refractivity contribution in [2.75, 3.05) is 26.8 Å². The number of ether oxygens (including phenoxy) is 2. The van der Waals surface area contributed by atoms with Gasteiger partial charge in [-0.25, -0.2) is 0 Å². The maximum atomic E-state index is 6.39. The van der Waals surface area contributed by atoms with Crippen LogP contribution >= 0.6 is 0 Å². The van der Waals surface area contributed by atoms with Gasteiger partial charge in [-0.1, -0.05) is 36.4 Å². The molecular formula is C20H26N2O2. The van der Waals surface area contributed by atoms with Crippen LogP contribution < -0.4 is 15.2 Å². The molecule has 0 bridgehead atoms. The lowest BCUT2D eigenvalue weighted by Crippen LogP contribution is -2.28. The van der Waals surface area contributed by atoms with Crippen molar-refractivity contribution in [1.82, 2.24) is 4.90 Å². The Bertz CT molecular complexity index is 660. The predicted molar refractivity (Wildman–Crippen MR) is 96.6 cm³/mol. The molecule has 24 heavy (non-hydrogen) atoms. The van der Waals surface area contributed by atoms with Gasteiger partial charge in [0.1, 0.15) is 0 Å². The molecule has 0 amide bonds. The van der Waals surface area contributed by atoms with E-state index < -0.39 is 0 Å². The SMILES string of the molecule is CCOc1cc(CN2C[C@@H](N)[C@H](c3ccccc3)C2)ccc1OC. The number of nitrogens with zero attached hydrogens (tertiary/aromatic N) is 1. The highest BCUT2D eigenvalue weighted by Gasteiger charge is 2.31. The van der Waals surface area contributed by atoms with Crippen LogP contribution in [0.2, 0.25) is 0 Å². The summed E-state index contributed by atoms with van der Waals surface area (Å²) >= 11 is 0. The van der Waals surface area contributed by atoms with Crippen LogP contribution in [0.25, 0.3) is 0 Å². The molecule has 2 aromatic rings. The molecule has 3 rings (SSSR count). The number of benzene rings is 2. The van der Waals surface area contributed by atoms with Crippen LogP contribution in [-0.4, -0.2) is 37.7 Å². The van der Waals surface area contributed by atoms with Crippen molar-refractivity contribution in [3.63, 3.8) is 0 Å². The fourth-order valence-electron chi connectivity index (χ4n) is 3.44. The lowest BCUT2D eigenvalue weighted by Gasteiger charge is -2.17. The van der Waals surface area contributed by atoms with Crippen LogP contribution in [0.15, 0.2) is 48.5 Å². The zero-order valence-corrected chi connectivity index (χ0v) is 14.4. The first kappa shape index (κ1) is 16.8. The Labute approximate surface area is 144 Å². The minimum absolute atomic E-state index is 0.178. The average molecular weight is 326 g/mol. The Morgan fingerprint density at radius 1 is 1.08 bits per heavy atom. The van der Waals surface area contributed by atoms with Gasteiger partial charge in [-0.05, 0) is 30.2 Å². The molecule has 2 atom stereocenters. The summed E-state index contributed by atoms with van der Waals surface area (Å²) in [7, 11) is 1.67. The largest absolute Gasteiger partial charge is 0.493 e. The third-order valence-electron chi connectivity index (χ3n) is 4.60. The van der Waals surface area contributed by atoms with Crippen molar-refractivity contribution in [1.29, 1.82) is 0 Å². The Hall–Kier alpha value is -2.04. The van der Waals surface area contributed by atoms with Gasteiger partial charge in [0.25, 0.3) is 0 Å².